The Labute approximate surface area is 94.5 Å². The molecule has 0 radical (unpaired) electrons. The minimum absolute atomic E-state index is 0. The largest absolute Gasteiger partial charge is 0.379 e. The van der Waals surface area contributed by atoms with Crippen LogP contribution in [0.15, 0.2) is 30.8 Å². The quantitative estimate of drug-likeness (QED) is 0.618. The summed E-state index contributed by atoms with van der Waals surface area (Å²) in [6.07, 6.45) is 1.81. The molecule has 1 aromatic rings. The Morgan fingerprint density at radius 2 is 2.00 bits per heavy atom. The van der Waals surface area contributed by atoms with E-state index in [1.165, 1.54) is 17.3 Å². The molecule has 0 bridgehead atoms. The molecule has 0 saturated carbocycles. The van der Waals surface area contributed by atoms with Crippen LogP contribution in [-0.2, 0) is 5.75 Å². The van der Waals surface area contributed by atoms with Crippen LogP contribution < -0.4 is 5.73 Å². The fourth-order valence-electron chi connectivity index (χ4n) is 0.911. The zero-order valence-corrected chi connectivity index (χ0v) is 9.33. The molecule has 0 aliphatic carbocycles. The maximum absolute atomic E-state index is 7.05. The number of hydrogen-bond donors (Lipinski definition) is 2. The van der Waals surface area contributed by atoms with Crippen LogP contribution in [0.4, 0.5) is 0 Å². The zero-order chi connectivity index (χ0) is 9.68. The van der Waals surface area contributed by atoms with E-state index in [1.54, 1.807) is 0 Å². The van der Waals surface area contributed by atoms with Crippen LogP contribution in [0, 0.1) is 5.41 Å². The highest BCUT2D eigenvalue weighted by molar-refractivity contribution is 8.13. The molecule has 1 rings (SSSR count). The third-order valence-corrected chi connectivity index (χ3v) is 2.40. The Morgan fingerprint density at radius 1 is 1.43 bits per heavy atom. The zero-order valence-electron chi connectivity index (χ0n) is 7.69. The first-order chi connectivity index (χ1) is 6.22. The molecule has 0 spiro atoms. The molecule has 0 unspecified atom stereocenters. The molecule has 4 heteroatoms. The maximum atomic E-state index is 7.05. The number of halogens is 1. The third-order valence-electron chi connectivity index (χ3n) is 1.61. The normalized spacial score (nSPS) is 8.86. The molecule has 0 saturated heterocycles. The SMILES string of the molecule is C=Cc1ccc(CSC(=N)N)cc1.Cl. The van der Waals surface area contributed by atoms with Crippen molar-refractivity contribution in [2.75, 3.05) is 0 Å². The summed E-state index contributed by atoms with van der Waals surface area (Å²) < 4.78 is 0. The van der Waals surface area contributed by atoms with E-state index in [9.17, 15) is 0 Å². The summed E-state index contributed by atoms with van der Waals surface area (Å²) in [5.41, 5.74) is 7.51. The van der Waals surface area contributed by atoms with E-state index >= 15 is 0 Å². The third kappa shape index (κ3) is 4.35. The van der Waals surface area contributed by atoms with Gasteiger partial charge in [-0.15, -0.1) is 12.4 Å². The maximum Gasteiger partial charge on any atom is 0.151 e. The molecule has 0 aliphatic rings. The van der Waals surface area contributed by atoms with E-state index in [4.69, 9.17) is 11.1 Å². The lowest BCUT2D eigenvalue weighted by atomic mass is 10.1. The minimum Gasteiger partial charge on any atom is -0.379 e. The average molecular weight is 229 g/mol. The highest BCUT2D eigenvalue weighted by atomic mass is 35.5. The van der Waals surface area contributed by atoms with Crippen molar-refractivity contribution in [3.8, 4) is 0 Å². The molecule has 0 aliphatic heterocycles. The number of amidine groups is 1. The second kappa shape index (κ2) is 6.51. The number of rotatable bonds is 3. The van der Waals surface area contributed by atoms with Crippen LogP contribution >= 0.6 is 24.2 Å². The van der Waals surface area contributed by atoms with Crippen LogP contribution in [-0.4, -0.2) is 5.17 Å². The predicted molar refractivity (Wildman–Crippen MR) is 67.0 cm³/mol. The lowest BCUT2D eigenvalue weighted by Crippen LogP contribution is -2.03. The van der Waals surface area contributed by atoms with Crippen LogP contribution in [0.2, 0.25) is 0 Å². The molecule has 0 atom stereocenters. The molecule has 2 nitrogen and oxygen atoms in total. The Balaban J connectivity index is 0.00000169. The highest BCUT2D eigenvalue weighted by Crippen LogP contribution is 2.12. The van der Waals surface area contributed by atoms with Gasteiger partial charge in [0.05, 0.1) is 0 Å². The van der Waals surface area contributed by atoms with Gasteiger partial charge in [0, 0.05) is 5.75 Å². The van der Waals surface area contributed by atoms with Gasteiger partial charge in [0.2, 0.25) is 0 Å². The molecule has 76 valence electrons. The second-order valence-electron chi connectivity index (χ2n) is 2.60. The van der Waals surface area contributed by atoms with Gasteiger partial charge in [-0.2, -0.15) is 0 Å². The number of benzene rings is 1. The molecule has 14 heavy (non-hydrogen) atoms. The molecule has 0 aromatic heterocycles. The van der Waals surface area contributed by atoms with Crippen molar-refractivity contribution < 1.29 is 0 Å². The summed E-state index contributed by atoms with van der Waals surface area (Å²) in [4.78, 5) is 0. The first-order valence-corrected chi connectivity index (χ1v) is 4.89. The number of thioether (sulfide) groups is 1. The topological polar surface area (TPSA) is 49.9 Å². The van der Waals surface area contributed by atoms with Gasteiger partial charge in [0.1, 0.15) is 0 Å². The van der Waals surface area contributed by atoms with E-state index in [-0.39, 0.29) is 17.6 Å². The molecule has 0 heterocycles. The molecular formula is C10H13ClN2S. The monoisotopic (exact) mass is 228 g/mol. The number of hydrogen-bond acceptors (Lipinski definition) is 2. The molecule has 3 N–H and O–H groups in total. The van der Waals surface area contributed by atoms with Gasteiger partial charge in [-0.25, -0.2) is 0 Å². The van der Waals surface area contributed by atoms with Gasteiger partial charge < -0.3 is 5.73 Å². The van der Waals surface area contributed by atoms with E-state index in [0.29, 0.717) is 0 Å². The lowest BCUT2D eigenvalue weighted by molar-refractivity contribution is 1.41. The Hall–Kier alpha value is -0.930. The lowest BCUT2D eigenvalue weighted by Gasteiger charge is -2.00. The number of nitrogens with one attached hydrogen (secondary N) is 1. The van der Waals surface area contributed by atoms with Crippen LogP contribution in [0.1, 0.15) is 11.1 Å². The summed E-state index contributed by atoms with van der Waals surface area (Å²) in [5.74, 6) is 0.757. The minimum atomic E-state index is 0. The van der Waals surface area contributed by atoms with Crippen LogP contribution in [0.5, 0.6) is 0 Å². The Kier molecular flexibility index (Phi) is 6.08. The first kappa shape index (κ1) is 13.1. The summed E-state index contributed by atoms with van der Waals surface area (Å²) >= 11 is 1.33. The van der Waals surface area contributed by atoms with Crippen molar-refractivity contribution in [3.05, 3.63) is 42.0 Å². The average Bonchev–Trinajstić information content (AvgIpc) is 2.15. The van der Waals surface area contributed by atoms with Crippen molar-refractivity contribution >= 4 is 35.4 Å². The Morgan fingerprint density at radius 3 is 2.43 bits per heavy atom. The number of nitrogens with two attached hydrogens (primary N) is 1. The smallest absolute Gasteiger partial charge is 0.151 e. The second-order valence-corrected chi connectivity index (χ2v) is 3.62. The molecular weight excluding hydrogens is 216 g/mol. The van der Waals surface area contributed by atoms with Crippen molar-refractivity contribution in [2.24, 2.45) is 5.73 Å². The van der Waals surface area contributed by atoms with Gasteiger partial charge in [-0.1, -0.05) is 48.7 Å². The molecule has 0 fully saturated rings. The van der Waals surface area contributed by atoms with E-state index in [2.05, 4.69) is 6.58 Å². The van der Waals surface area contributed by atoms with Crippen molar-refractivity contribution in [1.82, 2.24) is 0 Å². The standard InChI is InChI=1S/C10H12N2S.ClH/c1-2-8-3-5-9(6-4-8)7-13-10(11)12;/h2-6H,1,7H2,(H3,11,12);1H. The van der Waals surface area contributed by atoms with Gasteiger partial charge >= 0.3 is 0 Å². The fraction of sp³-hybridized carbons (Fsp3) is 0.100. The highest BCUT2D eigenvalue weighted by Gasteiger charge is 1.94. The van der Waals surface area contributed by atoms with E-state index in [1.807, 2.05) is 30.3 Å². The van der Waals surface area contributed by atoms with Crippen molar-refractivity contribution in [3.63, 3.8) is 0 Å². The summed E-state index contributed by atoms with van der Waals surface area (Å²) in [6.45, 7) is 3.68. The summed E-state index contributed by atoms with van der Waals surface area (Å²) in [5, 5.41) is 7.21. The molecule has 0 amide bonds. The van der Waals surface area contributed by atoms with Crippen LogP contribution in [0.3, 0.4) is 0 Å². The van der Waals surface area contributed by atoms with E-state index in [0.717, 1.165) is 11.3 Å². The van der Waals surface area contributed by atoms with Gasteiger partial charge in [0.25, 0.3) is 0 Å². The summed E-state index contributed by atoms with van der Waals surface area (Å²) in [6, 6.07) is 8.05. The predicted octanol–water partition coefficient (Wildman–Crippen LogP) is 2.88. The van der Waals surface area contributed by atoms with Gasteiger partial charge in [-0.05, 0) is 11.1 Å². The van der Waals surface area contributed by atoms with Gasteiger partial charge in [-0.3, -0.25) is 5.41 Å². The Bertz CT molecular complexity index is 308. The van der Waals surface area contributed by atoms with Crippen molar-refractivity contribution in [1.29, 1.82) is 5.41 Å². The van der Waals surface area contributed by atoms with Gasteiger partial charge in [0.15, 0.2) is 5.17 Å². The fourth-order valence-corrected chi connectivity index (χ4v) is 1.43. The summed E-state index contributed by atoms with van der Waals surface area (Å²) in [7, 11) is 0. The van der Waals surface area contributed by atoms with E-state index < -0.39 is 0 Å². The van der Waals surface area contributed by atoms with Crippen molar-refractivity contribution in [2.45, 2.75) is 5.75 Å². The van der Waals surface area contributed by atoms with Crippen LogP contribution in [0.25, 0.3) is 6.08 Å². The first-order valence-electron chi connectivity index (χ1n) is 3.90. The molecule has 1 aromatic carbocycles.